The van der Waals surface area contributed by atoms with E-state index in [2.05, 4.69) is 16.0 Å². The van der Waals surface area contributed by atoms with Crippen molar-refractivity contribution < 1.29 is 33.1 Å². The standard InChI is InChI=1S/C22H31F2N5O5S/c1-9-15-14(10(2)27-19(30)18(23)24)21(32)29(15)16(22(33)34)17(9)35-12-6-13(26-7-12)20(31)28-5-4-11(8-28)25-3/h9-15,18,25-26H,4-8H2,1-3H3,(H,27,30)(H,33,34)/t9-,10-,11+,12+,13+,14-,15+/m1/s1. The van der Waals surface area contributed by atoms with E-state index in [0.29, 0.717) is 31.0 Å². The van der Waals surface area contributed by atoms with Crippen LogP contribution < -0.4 is 16.0 Å². The molecule has 13 heteroatoms. The number of thioether (sulfide) groups is 1. The number of likely N-dealkylation sites (N-methyl/N-ethyl adjacent to an activating group) is 1. The summed E-state index contributed by atoms with van der Waals surface area (Å²) in [6.45, 7) is 5.18. The Bertz CT molecular complexity index is 949. The van der Waals surface area contributed by atoms with Crippen LogP contribution >= 0.6 is 11.8 Å². The molecule has 10 nitrogen and oxygen atoms in total. The lowest BCUT2D eigenvalue weighted by Gasteiger charge is -2.47. The highest BCUT2D eigenvalue weighted by atomic mass is 32.2. The molecule has 0 aromatic carbocycles. The predicted molar refractivity (Wildman–Crippen MR) is 123 cm³/mol. The molecule has 3 amide bonds. The Morgan fingerprint density at radius 2 is 2.00 bits per heavy atom. The molecule has 4 aliphatic heterocycles. The normalized spacial score (nSPS) is 33.3. The van der Waals surface area contributed by atoms with Crippen molar-refractivity contribution in [2.75, 3.05) is 26.7 Å². The van der Waals surface area contributed by atoms with Crippen molar-refractivity contribution in [3.05, 3.63) is 10.6 Å². The molecule has 35 heavy (non-hydrogen) atoms. The Labute approximate surface area is 206 Å². The minimum absolute atomic E-state index is 0.0421. The second-order valence-corrected chi connectivity index (χ2v) is 11.0. The van der Waals surface area contributed by atoms with Gasteiger partial charge < -0.3 is 30.9 Å². The van der Waals surface area contributed by atoms with Gasteiger partial charge in [0.05, 0.1) is 18.0 Å². The number of hydrogen-bond acceptors (Lipinski definition) is 7. The van der Waals surface area contributed by atoms with Crippen molar-refractivity contribution in [3.63, 3.8) is 0 Å². The molecule has 4 heterocycles. The fourth-order valence-corrected chi connectivity index (χ4v) is 7.13. The number of carbonyl (C=O) groups is 4. The van der Waals surface area contributed by atoms with Gasteiger partial charge in [-0.25, -0.2) is 4.79 Å². The van der Waals surface area contributed by atoms with Crippen molar-refractivity contribution in [3.8, 4) is 0 Å². The molecule has 0 radical (unpaired) electrons. The molecule has 0 aliphatic carbocycles. The third-order valence-electron chi connectivity index (χ3n) is 7.49. The average Bonchev–Trinajstić information content (AvgIpc) is 3.52. The number of carbonyl (C=O) groups excluding carboxylic acids is 3. The first-order chi connectivity index (χ1) is 16.5. The second-order valence-electron chi connectivity index (χ2n) is 9.62. The van der Waals surface area contributed by atoms with Gasteiger partial charge in [0, 0.05) is 47.8 Å². The van der Waals surface area contributed by atoms with Gasteiger partial charge in [-0.1, -0.05) is 6.92 Å². The molecule has 3 fully saturated rings. The van der Waals surface area contributed by atoms with Crippen LogP contribution in [0.2, 0.25) is 0 Å². The summed E-state index contributed by atoms with van der Waals surface area (Å²) in [4.78, 5) is 52.9. The lowest BCUT2D eigenvalue weighted by atomic mass is 9.78. The smallest absolute Gasteiger partial charge is 0.353 e. The zero-order chi connectivity index (χ0) is 25.6. The highest BCUT2D eigenvalue weighted by Crippen LogP contribution is 2.51. The number of nitrogens with zero attached hydrogens (tertiary/aromatic N) is 2. The van der Waals surface area contributed by atoms with Crippen LogP contribution in [0.15, 0.2) is 10.6 Å². The van der Waals surface area contributed by atoms with E-state index in [0.717, 1.165) is 6.42 Å². The van der Waals surface area contributed by atoms with Gasteiger partial charge in [0.15, 0.2) is 0 Å². The van der Waals surface area contributed by atoms with Gasteiger partial charge in [-0.3, -0.25) is 14.4 Å². The fourth-order valence-electron chi connectivity index (χ4n) is 5.65. The Hall–Kier alpha value is -2.25. The number of nitrogens with one attached hydrogen (secondary N) is 3. The molecular weight excluding hydrogens is 484 g/mol. The van der Waals surface area contributed by atoms with E-state index in [-0.39, 0.29) is 34.9 Å². The average molecular weight is 516 g/mol. The third kappa shape index (κ3) is 4.65. The summed E-state index contributed by atoms with van der Waals surface area (Å²) in [7, 11) is 1.88. The fraction of sp³-hybridized carbons (Fsp3) is 0.727. The van der Waals surface area contributed by atoms with Crippen LogP contribution in [-0.4, -0.2) is 101 Å². The summed E-state index contributed by atoms with van der Waals surface area (Å²) in [5.74, 6) is -4.27. The topological polar surface area (TPSA) is 131 Å². The number of halogens is 2. The first-order valence-corrected chi connectivity index (χ1v) is 12.7. The summed E-state index contributed by atoms with van der Waals surface area (Å²) >= 11 is 1.36. The van der Waals surface area contributed by atoms with Crippen LogP contribution in [0.4, 0.5) is 8.78 Å². The lowest BCUT2D eigenvalue weighted by Crippen LogP contribution is -2.66. The van der Waals surface area contributed by atoms with Gasteiger partial charge in [0.25, 0.3) is 5.91 Å². The number of rotatable bonds is 8. The molecule has 0 unspecified atom stereocenters. The van der Waals surface area contributed by atoms with Crippen molar-refractivity contribution >= 4 is 35.5 Å². The van der Waals surface area contributed by atoms with Gasteiger partial charge >= 0.3 is 12.4 Å². The van der Waals surface area contributed by atoms with Crippen LogP contribution in [0.3, 0.4) is 0 Å². The molecule has 4 aliphatic rings. The Balaban J connectivity index is 1.43. The molecule has 3 saturated heterocycles. The van der Waals surface area contributed by atoms with Crippen LogP contribution in [-0.2, 0) is 19.2 Å². The Kier molecular flexibility index (Phi) is 7.39. The van der Waals surface area contributed by atoms with E-state index in [4.69, 9.17) is 0 Å². The number of alkyl halides is 2. The van der Waals surface area contributed by atoms with E-state index in [1.165, 1.54) is 23.6 Å². The zero-order valence-corrected chi connectivity index (χ0v) is 20.6. The van der Waals surface area contributed by atoms with E-state index in [9.17, 15) is 33.1 Å². The quantitative estimate of drug-likeness (QED) is 0.328. The summed E-state index contributed by atoms with van der Waals surface area (Å²) in [5.41, 5.74) is -0.0904. The minimum atomic E-state index is -3.20. The second kappa shape index (κ2) is 10.0. The first kappa shape index (κ1) is 25.8. The number of β-lactam (4-membered cyclic amide) rings is 1. The van der Waals surface area contributed by atoms with Crippen molar-refractivity contribution in [2.24, 2.45) is 11.8 Å². The largest absolute Gasteiger partial charge is 0.477 e. The molecule has 4 rings (SSSR count). The number of carboxylic acid groups (broad SMARTS) is 1. The van der Waals surface area contributed by atoms with Crippen LogP contribution in [0.25, 0.3) is 0 Å². The molecule has 0 spiro atoms. The van der Waals surface area contributed by atoms with E-state index in [1.807, 2.05) is 18.9 Å². The van der Waals surface area contributed by atoms with Gasteiger partial charge in [0.2, 0.25) is 11.8 Å². The summed E-state index contributed by atoms with van der Waals surface area (Å²) in [6, 6.07) is -1.44. The molecule has 7 atom stereocenters. The third-order valence-corrected chi connectivity index (χ3v) is 9.00. The molecular formula is C22H31F2N5O5S. The van der Waals surface area contributed by atoms with Crippen LogP contribution in [0.5, 0.6) is 0 Å². The molecule has 4 N–H and O–H groups in total. The van der Waals surface area contributed by atoms with E-state index < -0.39 is 42.2 Å². The number of aliphatic carboxylic acids is 1. The molecule has 0 bridgehead atoms. The van der Waals surface area contributed by atoms with Crippen molar-refractivity contribution in [1.82, 2.24) is 25.8 Å². The van der Waals surface area contributed by atoms with Gasteiger partial charge in [-0.2, -0.15) is 8.78 Å². The highest BCUT2D eigenvalue weighted by Gasteiger charge is 2.60. The number of likely N-dealkylation sites (tertiary alicyclic amines) is 1. The summed E-state index contributed by atoms with van der Waals surface area (Å²) in [5, 5.41) is 18.4. The monoisotopic (exact) mass is 515 g/mol. The lowest BCUT2D eigenvalue weighted by molar-refractivity contribution is -0.159. The maximum absolute atomic E-state index is 12.9. The Morgan fingerprint density at radius 1 is 1.29 bits per heavy atom. The van der Waals surface area contributed by atoms with Crippen molar-refractivity contribution in [2.45, 2.75) is 62.5 Å². The molecule has 0 saturated carbocycles. The highest BCUT2D eigenvalue weighted by molar-refractivity contribution is 8.03. The maximum Gasteiger partial charge on any atom is 0.353 e. The minimum Gasteiger partial charge on any atom is -0.477 e. The summed E-state index contributed by atoms with van der Waals surface area (Å²) < 4.78 is 25.3. The SMILES string of the molecule is CN[C@H]1CCN(C(=O)[C@@H]2C[C@H](SC3=C(C(=O)O)N4C(=O)[C@H]([C@@H](C)NC(=O)C(F)F)[C@@H]4[C@H]3C)CN2)C1. The van der Waals surface area contributed by atoms with E-state index in [1.54, 1.807) is 0 Å². The number of carboxylic acids is 1. The van der Waals surface area contributed by atoms with Crippen LogP contribution in [0.1, 0.15) is 26.7 Å². The van der Waals surface area contributed by atoms with Crippen molar-refractivity contribution in [1.29, 1.82) is 0 Å². The molecule has 0 aromatic rings. The molecule has 0 aromatic heterocycles. The maximum atomic E-state index is 12.9. The first-order valence-electron chi connectivity index (χ1n) is 11.8. The number of amides is 3. The van der Waals surface area contributed by atoms with Gasteiger partial charge in [0.1, 0.15) is 5.70 Å². The Morgan fingerprint density at radius 3 is 2.60 bits per heavy atom. The molecule has 194 valence electrons. The number of hydrogen-bond donors (Lipinski definition) is 4. The van der Waals surface area contributed by atoms with Gasteiger partial charge in [-0.15, -0.1) is 11.8 Å². The predicted octanol–water partition coefficient (Wildman–Crippen LogP) is -0.187. The van der Waals surface area contributed by atoms with Gasteiger partial charge in [-0.05, 0) is 26.8 Å². The van der Waals surface area contributed by atoms with E-state index >= 15 is 0 Å². The van der Waals surface area contributed by atoms with Crippen LogP contribution in [0, 0.1) is 11.8 Å². The number of fused-ring (bicyclic) bond motifs is 1. The zero-order valence-electron chi connectivity index (χ0n) is 19.8. The summed E-state index contributed by atoms with van der Waals surface area (Å²) in [6.07, 6.45) is -1.75.